The number of amides is 2. The number of para-hydroxylation sites is 1. The molecule has 2 aromatic rings. The molecule has 0 N–H and O–H groups in total. The smallest absolute Gasteiger partial charge is 0.246 e. The number of hydrogen-bond donors (Lipinski definition) is 0. The standard InChI is InChI=1S/C17H16Cl2N2O2/c1-12(22)21(16-9-8-13(18)10-15(16)19)11-17(23)20(2)14-6-4-3-5-7-14/h3-10H,11H2,1-2H3. The minimum Gasteiger partial charge on any atom is -0.314 e. The summed E-state index contributed by atoms with van der Waals surface area (Å²) in [6.07, 6.45) is 0. The van der Waals surface area contributed by atoms with E-state index in [1.54, 1.807) is 25.2 Å². The Labute approximate surface area is 145 Å². The van der Waals surface area contributed by atoms with Crippen molar-refractivity contribution in [3.8, 4) is 0 Å². The Bertz CT molecular complexity index is 720. The van der Waals surface area contributed by atoms with Gasteiger partial charge in [0.05, 0.1) is 10.7 Å². The Morgan fingerprint density at radius 3 is 2.26 bits per heavy atom. The Morgan fingerprint density at radius 1 is 1.04 bits per heavy atom. The van der Waals surface area contributed by atoms with Crippen molar-refractivity contribution in [3.63, 3.8) is 0 Å². The number of anilines is 2. The lowest BCUT2D eigenvalue weighted by Gasteiger charge is -2.25. The van der Waals surface area contributed by atoms with Gasteiger partial charge in [-0.1, -0.05) is 41.4 Å². The summed E-state index contributed by atoms with van der Waals surface area (Å²) < 4.78 is 0. The van der Waals surface area contributed by atoms with Gasteiger partial charge in [0.25, 0.3) is 0 Å². The maximum Gasteiger partial charge on any atom is 0.246 e. The van der Waals surface area contributed by atoms with Crippen molar-refractivity contribution in [2.45, 2.75) is 6.92 Å². The van der Waals surface area contributed by atoms with Crippen LogP contribution in [-0.4, -0.2) is 25.4 Å². The first-order chi connectivity index (χ1) is 10.9. The maximum absolute atomic E-state index is 12.5. The molecule has 0 spiro atoms. The second kappa shape index (κ2) is 7.49. The van der Waals surface area contributed by atoms with Crippen LogP contribution in [0.5, 0.6) is 0 Å². The number of likely N-dealkylation sites (N-methyl/N-ethyl adjacent to an activating group) is 1. The Morgan fingerprint density at radius 2 is 1.70 bits per heavy atom. The minimum absolute atomic E-state index is 0.109. The molecule has 0 aliphatic heterocycles. The monoisotopic (exact) mass is 350 g/mol. The van der Waals surface area contributed by atoms with Gasteiger partial charge < -0.3 is 9.80 Å². The van der Waals surface area contributed by atoms with Crippen LogP contribution in [0.15, 0.2) is 48.5 Å². The molecule has 120 valence electrons. The van der Waals surface area contributed by atoms with E-state index in [0.29, 0.717) is 15.7 Å². The fraction of sp³-hybridized carbons (Fsp3) is 0.176. The predicted molar refractivity (Wildman–Crippen MR) is 94.3 cm³/mol. The van der Waals surface area contributed by atoms with E-state index in [0.717, 1.165) is 5.69 Å². The molecule has 0 radical (unpaired) electrons. The lowest BCUT2D eigenvalue weighted by molar-refractivity contribution is -0.121. The first-order valence-electron chi connectivity index (χ1n) is 6.95. The molecule has 0 aromatic heterocycles. The van der Waals surface area contributed by atoms with Crippen molar-refractivity contribution in [1.29, 1.82) is 0 Å². The molecule has 0 bridgehead atoms. The van der Waals surface area contributed by atoms with Crippen molar-refractivity contribution < 1.29 is 9.59 Å². The van der Waals surface area contributed by atoms with E-state index >= 15 is 0 Å². The van der Waals surface area contributed by atoms with Gasteiger partial charge in [-0.25, -0.2) is 0 Å². The molecule has 0 saturated heterocycles. The third kappa shape index (κ3) is 4.24. The molecule has 4 nitrogen and oxygen atoms in total. The average molecular weight is 351 g/mol. The van der Waals surface area contributed by atoms with Crippen LogP contribution in [-0.2, 0) is 9.59 Å². The van der Waals surface area contributed by atoms with Crippen LogP contribution < -0.4 is 9.80 Å². The van der Waals surface area contributed by atoms with Gasteiger partial charge in [0.1, 0.15) is 6.54 Å². The van der Waals surface area contributed by atoms with Gasteiger partial charge in [-0.05, 0) is 30.3 Å². The largest absolute Gasteiger partial charge is 0.314 e. The van der Waals surface area contributed by atoms with Crippen molar-refractivity contribution >= 4 is 46.4 Å². The Hall–Kier alpha value is -2.04. The summed E-state index contributed by atoms with van der Waals surface area (Å²) in [5, 5.41) is 0.790. The van der Waals surface area contributed by atoms with Crippen LogP contribution in [0.2, 0.25) is 10.0 Å². The molecule has 0 aliphatic rings. The molecule has 2 amide bonds. The number of benzene rings is 2. The van der Waals surface area contributed by atoms with Gasteiger partial charge in [0, 0.05) is 24.7 Å². The Balaban J connectivity index is 2.23. The fourth-order valence-corrected chi connectivity index (χ4v) is 2.61. The van der Waals surface area contributed by atoms with Crippen LogP contribution in [0.3, 0.4) is 0 Å². The van der Waals surface area contributed by atoms with Crippen molar-refractivity contribution in [2.24, 2.45) is 0 Å². The normalized spacial score (nSPS) is 10.3. The molecule has 2 aromatic carbocycles. The molecule has 0 heterocycles. The summed E-state index contributed by atoms with van der Waals surface area (Å²) in [6.45, 7) is 1.28. The third-order valence-electron chi connectivity index (χ3n) is 3.39. The van der Waals surface area contributed by atoms with E-state index in [-0.39, 0.29) is 18.4 Å². The van der Waals surface area contributed by atoms with Gasteiger partial charge in [-0.15, -0.1) is 0 Å². The van der Waals surface area contributed by atoms with E-state index in [4.69, 9.17) is 23.2 Å². The summed E-state index contributed by atoms with van der Waals surface area (Å²) in [5.41, 5.74) is 1.21. The summed E-state index contributed by atoms with van der Waals surface area (Å²) in [6, 6.07) is 14.0. The van der Waals surface area contributed by atoms with Gasteiger partial charge in [0.2, 0.25) is 11.8 Å². The molecular formula is C17H16Cl2N2O2. The molecule has 0 unspecified atom stereocenters. The Kier molecular flexibility index (Phi) is 5.64. The van der Waals surface area contributed by atoms with Crippen molar-refractivity contribution in [1.82, 2.24) is 0 Å². The quantitative estimate of drug-likeness (QED) is 0.835. The summed E-state index contributed by atoms with van der Waals surface area (Å²) >= 11 is 12.0. The van der Waals surface area contributed by atoms with E-state index in [1.807, 2.05) is 30.3 Å². The maximum atomic E-state index is 12.5. The minimum atomic E-state index is -0.274. The van der Waals surface area contributed by atoms with Crippen LogP contribution in [0, 0.1) is 0 Å². The number of carbonyl (C=O) groups is 2. The van der Waals surface area contributed by atoms with Crippen molar-refractivity contribution in [3.05, 3.63) is 58.6 Å². The van der Waals surface area contributed by atoms with Gasteiger partial charge in [-0.2, -0.15) is 0 Å². The van der Waals surface area contributed by atoms with E-state index in [1.165, 1.54) is 16.7 Å². The zero-order valence-electron chi connectivity index (χ0n) is 12.8. The van der Waals surface area contributed by atoms with Crippen molar-refractivity contribution in [2.75, 3.05) is 23.4 Å². The van der Waals surface area contributed by atoms with E-state index in [2.05, 4.69) is 0 Å². The fourth-order valence-electron chi connectivity index (χ4n) is 2.10. The number of hydrogen-bond acceptors (Lipinski definition) is 2. The van der Waals surface area contributed by atoms with E-state index < -0.39 is 0 Å². The van der Waals surface area contributed by atoms with Crippen LogP contribution in [0.4, 0.5) is 11.4 Å². The van der Waals surface area contributed by atoms with Gasteiger partial charge >= 0.3 is 0 Å². The number of rotatable bonds is 4. The average Bonchev–Trinajstić information content (AvgIpc) is 2.53. The molecular weight excluding hydrogens is 335 g/mol. The van der Waals surface area contributed by atoms with E-state index in [9.17, 15) is 9.59 Å². The number of halogens is 2. The molecule has 6 heteroatoms. The topological polar surface area (TPSA) is 40.6 Å². The summed E-state index contributed by atoms with van der Waals surface area (Å²) in [5.74, 6) is -0.499. The highest BCUT2D eigenvalue weighted by atomic mass is 35.5. The molecule has 23 heavy (non-hydrogen) atoms. The van der Waals surface area contributed by atoms with Gasteiger partial charge in [0.15, 0.2) is 0 Å². The SMILES string of the molecule is CC(=O)N(CC(=O)N(C)c1ccccc1)c1ccc(Cl)cc1Cl. The lowest BCUT2D eigenvalue weighted by Crippen LogP contribution is -2.41. The molecule has 2 rings (SSSR count). The first-order valence-corrected chi connectivity index (χ1v) is 7.70. The second-order valence-electron chi connectivity index (χ2n) is 4.99. The molecule has 0 aliphatic carbocycles. The molecule has 0 saturated carbocycles. The zero-order chi connectivity index (χ0) is 17.0. The predicted octanol–water partition coefficient (Wildman–Crippen LogP) is 4.01. The van der Waals surface area contributed by atoms with Gasteiger partial charge in [-0.3, -0.25) is 9.59 Å². The highest BCUT2D eigenvalue weighted by Gasteiger charge is 2.21. The second-order valence-corrected chi connectivity index (χ2v) is 5.83. The van der Waals surface area contributed by atoms with Crippen LogP contribution in [0.25, 0.3) is 0 Å². The highest BCUT2D eigenvalue weighted by molar-refractivity contribution is 6.36. The summed E-state index contributed by atoms with van der Waals surface area (Å²) in [4.78, 5) is 27.2. The first kappa shape index (κ1) is 17.3. The molecule has 0 atom stereocenters. The van der Waals surface area contributed by atoms with Crippen LogP contribution >= 0.6 is 23.2 Å². The number of nitrogens with zero attached hydrogens (tertiary/aromatic N) is 2. The highest BCUT2D eigenvalue weighted by Crippen LogP contribution is 2.29. The number of carbonyl (C=O) groups excluding carboxylic acids is 2. The molecule has 0 fully saturated rings. The van der Waals surface area contributed by atoms with Crippen LogP contribution in [0.1, 0.15) is 6.92 Å². The summed E-state index contributed by atoms with van der Waals surface area (Å²) in [7, 11) is 1.67. The zero-order valence-corrected chi connectivity index (χ0v) is 14.3. The lowest BCUT2D eigenvalue weighted by atomic mass is 10.2. The third-order valence-corrected chi connectivity index (χ3v) is 3.93.